The molecule has 0 saturated carbocycles. The van der Waals surface area contributed by atoms with Crippen LogP contribution >= 0.6 is 0 Å². The van der Waals surface area contributed by atoms with Crippen molar-refractivity contribution in [1.29, 1.82) is 0 Å². The first-order valence-corrected chi connectivity index (χ1v) is 10.3. The van der Waals surface area contributed by atoms with Crippen LogP contribution in [0.15, 0.2) is 36.7 Å². The number of morpholine rings is 1. The number of aromatic nitrogens is 2. The number of hydrogen-bond donors (Lipinski definition) is 1. The standard InChI is InChI=1S/C22H30N4O2/c1-4-25-10-9-23-20(25)13-24-21(27)22(26-14-16(2)28-17(3)15-26)11-18-7-5-6-8-19(18)12-22/h5-10,16-17H,4,11-15H2,1-3H3,(H,24,27)/t16-,17+. The van der Waals surface area contributed by atoms with Crippen molar-refractivity contribution in [3.05, 3.63) is 53.6 Å². The van der Waals surface area contributed by atoms with Crippen molar-refractivity contribution in [1.82, 2.24) is 19.8 Å². The molecule has 28 heavy (non-hydrogen) atoms. The summed E-state index contributed by atoms with van der Waals surface area (Å²) in [7, 11) is 0. The second-order valence-electron chi connectivity index (χ2n) is 8.13. The van der Waals surface area contributed by atoms with E-state index >= 15 is 0 Å². The minimum atomic E-state index is -0.556. The fraction of sp³-hybridized carbons (Fsp3) is 0.545. The van der Waals surface area contributed by atoms with Crippen LogP contribution in [0, 0.1) is 0 Å². The van der Waals surface area contributed by atoms with Gasteiger partial charge in [0, 0.05) is 44.9 Å². The molecule has 1 aliphatic heterocycles. The summed E-state index contributed by atoms with van der Waals surface area (Å²) in [5, 5.41) is 3.20. The lowest BCUT2D eigenvalue weighted by molar-refractivity contribution is -0.144. The summed E-state index contributed by atoms with van der Waals surface area (Å²) < 4.78 is 8.00. The molecule has 0 spiro atoms. The maximum absolute atomic E-state index is 13.6. The minimum absolute atomic E-state index is 0.0932. The molecule has 2 aliphatic rings. The van der Waals surface area contributed by atoms with Crippen molar-refractivity contribution in [2.75, 3.05) is 13.1 Å². The zero-order valence-corrected chi connectivity index (χ0v) is 17.0. The number of carbonyl (C=O) groups is 1. The van der Waals surface area contributed by atoms with Gasteiger partial charge in [0.05, 0.1) is 18.8 Å². The number of imidazole rings is 1. The Bertz CT molecular complexity index is 812. The lowest BCUT2D eigenvalue weighted by atomic mass is 9.90. The average Bonchev–Trinajstić information content (AvgIpc) is 3.29. The van der Waals surface area contributed by atoms with E-state index in [0.717, 1.165) is 38.3 Å². The molecule has 1 aromatic heterocycles. The van der Waals surface area contributed by atoms with Gasteiger partial charge in [-0.1, -0.05) is 24.3 Å². The molecular weight excluding hydrogens is 352 g/mol. The largest absolute Gasteiger partial charge is 0.373 e. The first kappa shape index (κ1) is 19.2. The first-order chi connectivity index (χ1) is 13.5. The van der Waals surface area contributed by atoms with Crippen molar-refractivity contribution in [3.8, 4) is 0 Å². The van der Waals surface area contributed by atoms with Gasteiger partial charge < -0.3 is 14.6 Å². The average molecular weight is 383 g/mol. The number of amides is 1. The van der Waals surface area contributed by atoms with Crippen LogP contribution in [0.3, 0.4) is 0 Å². The molecule has 6 nitrogen and oxygen atoms in total. The maximum Gasteiger partial charge on any atom is 0.241 e. The van der Waals surface area contributed by atoms with E-state index in [2.05, 4.69) is 64.8 Å². The van der Waals surface area contributed by atoms with Crippen LogP contribution in [0.4, 0.5) is 0 Å². The third-order valence-corrected chi connectivity index (χ3v) is 6.08. The highest BCUT2D eigenvalue weighted by Crippen LogP contribution is 2.36. The lowest BCUT2D eigenvalue weighted by Crippen LogP contribution is -2.64. The van der Waals surface area contributed by atoms with Crippen molar-refractivity contribution in [3.63, 3.8) is 0 Å². The van der Waals surface area contributed by atoms with Crippen LogP contribution in [-0.4, -0.2) is 51.2 Å². The Morgan fingerprint density at radius 2 is 1.86 bits per heavy atom. The van der Waals surface area contributed by atoms with Crippen molar-refractivity contribution < 1.29 is 9.53 Å². The van der Waals surface area contributed by atoms with Crippen LogP contribution in [0.2, 0.25) is 0 Å². The Balaban J connectivity index is 1.59. The summed E-state index contributed by atoms with van der Waals surface area (Å²) in [5.74, 6) is 0.987. The number of aryl methyl sites for hydroxylation is 1. The van der Waals surface area contributed by atoms with Crippen LogP contribution in [0.1, 0.15) is 37.7 Å². The molecule has 2 atom stereocenters. The maximum atomic E-state index is 13.6. The molecular formula is C22H30N4O2. The quantitative estimate of drug-likeness (QED) is 0.861. The second-order valence-corrected chi connectivity index (χ2v) is 8.13. The first-order valence-electron chi connectivity index (χ1n) is 10.3. The topological polar surface area (TPSA) is 59.4 Å². The van der Waals surface area contributed by atoms with E-state index in [-0.39, 0.29) is 18.1 Å². The minimum Gasteiger partial charge on any atom is -0.373 e. The predicted molar refractivity (Wildman–Crippen MR) is 108 cm³/mol. The van der Waals surface area contributed by atoms with Gasteiger partial charge >= 0.3 is 0 Å². The van der Waals surface area contributed by atoms with Crippen molar-refractivity contribution >= 4 is 5.91 Å². The number of carbonyl (C=O) groups excluding carboxylic acids is 1. The molecule has 150 valence electrons. The predicted octanol–water partition coefficient (Wildman–Crippen LogP) is 2.17. The second kappa shape index (κ2) is 7.68. The van der Waals surface area contributed by atoms with E-state index in [1.165, 1.54) is 11.1 Å². The highest BCUT2D eigenvalue weighted by molar-refractivity contribution is 5.88. The van der Waals surface area contributed by atoms with Gasteiger partial charge in [-0.15, -0.1) is 0 Å². The van der Waals surface area contributed by atoms with Crippen LogP contribution in [-0.2, 0) is 35.5 Å². The van der Waals surface area contributed by atoms with Crippen LogP contribution in [0.25, 0.3) is 0 Å². The molecule has 4 rings (SSSR count). The number of ether oxygens (including phenoxy) is 1. The van der Waals surface area contributed by atoms with Crippen molar-refractivity contribution in [2.45, 2.75) is 64.4 Å². The van der Waals surface area contributed by atoms with Gasteiger partial charge in [0.1, 0.15) is 11.4 Å². The fourth-order valence-corrected chi connectivity index (χ4v) is 4.77. The molecule has 1 amide bonds. The number of rotatable bonds is 5. The summed E-state index contributed by atoms with van der Waals surface area (Å²) in [5.41, 5.74) is 2.00. The SMILES string of the molecule is CCn1ccnc1CNC(=O)C1(N2C[C@@H](C)O[C@@H](C)C2)Cc2ccccc2C1. The van der Waals surface area contributed by atoms with Gasteiger partial charge in [0.25, 0.3) is 0 Å². The molecule has 1 fully saturated rings. The highest BCUT2D eigenvalue weighted by Gasteiger charge is 2.50. The summed E-state index contributed by atoms with van der Waals surface area (Å²) in [6, 6.07) is 8.44. The molecule has 1 aromatic carbocycles. The van der Waals surface area contributed by atoms with Crippen molar-refractivity contribution in [2.24, 2.45) is 0 Å². The summed E-state index contributed by atoms with van der Waals surface area (Å²) in [6.45, 7) is 9.11. The summed E-state index contributed by atoms with van der Waals surface area (Å²) in [6.07, 6.45) is 5.48. The van der Waals surface area contributed by atoms with E-state index in [1.54, 1.807) is 6.20 Å². The van der Waals surface area contributed by atoms with E-state index in [1.807, 2.05) is 6.20 Å². The lowest BCUT2D eigenvalue weighted by Gasteiger charge is -2.45. The molecule has 0 bridgehead atoms. The number of hydrogen-bond acceptors (Lipinski definition) is 4. The van der Waals surface area contributed by atoms with Gasteiger partial charge in [-0.2, -0.15) is 0 Å². The number of benzene rings is 1. The van der Waals surface area contributed by atoms with E-state index in [0.29, 0.717) is 6.54 Å². The van der Waals surface area contributed by atoms with E-state index in [4.69, 9.17) is 4.74 Å². The van der Waals surface area contributed by atoms with Crippen LogP contribution in [0.5, 0.6) is 0 Å². The number of fused-ring (bicyclic) bond motifs is 1. The van der Waals surface area contributed by atoms with Crippen LogP contribution < -0.4 is 5.32 Å². The number of nitrogens with one attached hydrogen (secondary N) is 1. The highest BCUT2D eigenvalue weighted by atomic mass is 16.5. The molecule has 1 aliphatic carbocycles. The zero-order chi connectivity index (χ0) is 19.7. The molecule has 2 aromatic rings. The Morgan fingerprint density at radius 1 is 1.21 bits per heavy atom. The molecule has 1 saturated heterocycles. The van der Waals surface area contributed by atoms with Gasteiger partial charge in [0.2, 0.25) is 5.91 Å². The van der Waals surface area contributed by atoms with E-state index in [9.17, 15) is 4.79 Å². The molecule has 0 unspecified atom stereocenters. The normalized spacial score (nSPS) is 24.1. The number of nitrogens with zero attached hydrogens (tertiary/aromatic N) is 3. The van der Waals surface area contributed by atoms with E-state index < -0.39 is 5.54 Å². The van der Waals surface area contributed by atoms with Gasteiger partial charge in [-0.3, -0.25) is 9.69 Å². The third kappa shape index (κ3) is 3.47. The van der Waals surface area contributed by atoms with Gasteiger partial charge in [-0.05, 0) is 31.9 Å². The Hall–Kier alpha value is -2.18. The smallest absolute Gasteiger partial charge is 0.241 e. The Morgan fingerprint density at radius 3 is 2.46 bits per heavy atom. The summed E-state index contributed by atoms with van der Waals surface area (Å²) >= 11 is 0. The van der Waals surface area contributed by atoms with Gasteiger partial charge in [0.15, 0.2) is 0 Å². The molecule has 1 N–H and O–H groups in total. The Kier molecular flexibility index (Phi) is 5.25. The molecule has 6 heteroatoms. The molecule has 2 heterocycles. The Labute approximate surface area is 166 Å². The van der Waals surface area contributed by atoms with Gasteiger partial charge in [-0.25, -0.2) is 4.98 Å². The monoisotopic (exact) mass is 382 g/mol. The fourth-order valence-electron chi connectivity index (χ4n) is 4.77. The third-order valence-electron chi connectivity index (χ3n) is 6.08. The zero-order valence-electron chi connectivity index (χ0n) is 17.0. The summed E-state index contributed by atoms with van der Waals surface area (Å²) in [4.78, 5) is 20.4. The molecule has 0 radical (unpaired) electrons.